The van der Waals surface area contributed by atoms with Crippen LogP contribution in [0.2, 0.25) is 0 Å². The summed E-state index contributed by atoms with van der Waals surface area (Å²) >= 11 is 1.32. The van der Waals surface area contributed by atoms with Crippen LogP contribution >= 0.6 is 11.8 Å². The van der Waals surface area contributed by atoms with Crippen molar-refractivity contribution in [2.75, 3.05) is 31.6 Å². The Bertz CT molecular complexity index is 1010. The average molecular weight is 449 g/mol. The molecule has 1 aromatic carbocycles. The molecule has 0 bridgehead atoms. The predicted molar refractivity (Wildman–Crippen MR) is 112 cm³/mol. The van der Waals surface area contributed by atoms with Gasteiger partial charge in [-0.25, -0.2) is 20.4 Å². The Hall–Kier alpha value is -2.48. The summed E-state index contributed by atoms with van der Waals surface area (Å²) in [6.07, 6.45) is -1.05. The molecule has 4 unspecified atom stereocenters. The molecule has 0 aliphatic carbocycles. The number of anilines is 1. The monoisotopic (exact) mass is 449 g/mol. The second-order valence-electron chi connectivity index (χ2n) is 6.72. The molecule has 1 fully saturated rings. The Kier molecular flexibility index (Phi) is 6.85. The van der Waals surface area contributed by atoms with Crippen molar-refractivity contribution in [1.29, 1.82) is 0 Å². The van der Waals surface area contributed by atoms with Gasteiger partial charge >= 0.3 is 0 Å². The van der Waals surface area contributed by atoms with Crippen LogP contribution in [0.5, 0.6) is 5.75 Å². The van der Waals surface area contributed by atoms with Gasteiger partial charge in [0.05, 0.1) is 12.9 Å². The lowest BCUT2D eigenvalue weighted by Gasteiger charge is -2.17. The molecular weight excluding hydrogens is 426 g/mol. The third-order valence-electron chi connectivity index (χ3n) is 4.74. The van der Waals surface area contributed by atoms with Crippen LogP contribution in [0.1, 0.15) is 6.23 Å². The third kappa shape index (κ3) is 4.59. The highest BCUT2D eigenvalue weighted by atomic mass is 32.2. The van der Waals surface area contributed by atoms with Crippen molar-refractivity contribution in [3.05, 3.63) is 36.7 Å². The minimum atomic E-state index is -1.25. The van der Waals surface area contributed by atoms with Gasteiger partial charge in [0.25, 0.3) is 0 Å². The highest BCUT2D eigenvalue weighted by Gasteiger charge is 2.44. The van der Waals surface area contributed by atoms with E-state index in [9.17, 15) is 15.3 Å². The van der Waals surface area contributed by atoms with E-state index in [1.165, 1.54) is 22.7 Å². The average Bonchev–Trinajstić information content (AvgIpc) is 3.34. The molecule has 0 saturated carbocycles. The Morgan fingerprint density at radius 3 is 2.68 bits per heavy atom. The molecule has 4 N–H and O–H groups in total. The first-order chi connectivity index (χ1) is 15.1. The lowest BCUT2D eigenvalue weighted by atomic mass is 10.1. The fourth-order valence-electron chi connectivity index (χ4n) is 3.19. The van der Waals surface area contributed by atoms with Gasteiger partial charge in [-0.1, -0.05) is 30.0 Å². The molecule has 31 heavy (non-hydrogen) atoms. The molecule has 11 nitrogen and oxygen atoms in total. The number of aliphatic hydroxyl groups is 3. The predicted octanol–water partition coefficient (Wildman–Crippen LogP) is 0.582. The zero-order valence-corrected chi connectivity index (χ0v) is 17.5. The number of aromatic nitrogens is 4. The number of thioether (sulfide) groups is 1. The number of ether oxygens (including phenoxy) is 2. The largest absolute Gasteiger partial charge is 0.491 e. The number of imidazole rings is 1. The summed E-state index contributed by atoms with van der Waals surface area (Å²) in [5, 5.41) is 30.2. The number of hydrogen-bond donors (Lipinski definition) is 4. The maximum absolute atomic E-state index is 10.3. The second-order valence-corrected chi connectivity index (χ2v) is 7.50. The van der Waals surface area contributed by atoms with E-state index in [2.05, 4.69) is 20.4 Å². The summed E-state index contributed by atoms with van der Waals surface area (Å²) in [5.41, 5.74) is 3.57. The van der Waals surface area contributed by atoms with Gasteiger partial charge in [0.15, 0.2) is 28.4 Å². The summed E-state index contributed by atoms with van der Waals surface area (Å²) in [4.78, 5) is 18.6. The van der Waals surface area contributed by atoms with Crippen LogP contribution in [-0.4, -0.2) is 79.2 Å². The molecule has 166 valence electrons. The smallest absolute Gasteiger partial charge is 0.191 e. The van der Waals surface area contributed by atoms with E-state index in [0.29, 0.717) is 28.7 Å². The number of fused-ring (bicyclic) bond motifs is 1. The third-order valence-corrected chi connectivity index (χ3v) is 5.29. The SMILES string of the molecule is CSc1nc(NOCCOc2ccccc2)c2ncn(C3OC(CO)C(O)C3O)c2n1. The van der Waals surface area contributed by atoms with E-state index in [1.807, 2.05) is 36.6 Å². The zero-order chi connectivity index (χ0) is 21.8. The second kappa shape index (κ2) is 9.77. The van der Waals surface area contributed by atoms with Gasteiger partial charge in [-0.05, 0) is 18.4 Å². The van der Waals surface area contributed by atoms with Gasteiger partial charge in [0, 0.05) is 0 Å². The van der Waals surface area contributed by atoms with Crippen LogP contribution in [0.4, 0.5) is 5.82 Å². The maximum atomic E-state index is 10.3. The van der Waals surface area contributed by atoms with Gasteiger partial charge in [-0.2, -0.15) is 0 Å². The highest BCUT2D eigenvalue weighted by Crippen LogP contribution is 2.33. The first kappa shape index (κ1) is 21.7. The quantitative estimate of drug-likeness (QED) is 0.158. The summed E-state index contributed by atoms with van der Waals surface area (Å²) in [6, 6.07) is 9.40. The number of benzene rings is 1. The molecule has 0 amide bonds. The zero-order valence-electron chi connectivity index (χ0n) is 16.7. The normalized spacial score (nSPS) is 23.4. The van der Waals surface area contributed by atoms with E-state index >= 15 is 0 Å². The molecule has 3 aromatic rings. The van der Waals surface area contributed by atoms with Crippen molar-refractivity contribution in [1.82, 2.24) is 19.5 Å². The lowest BCUT2D eigenvalue weighted by molar-refractivity contribution is -0.0511. The number of nitrogens with zero attached hydrogens (tertiary/aromatic N) is 4. The Morgan fingerprint density at radius 2 is 1.97 bits per heavy atom. The molecule has 4 rings (SSSR count). The van der Waals surface area contributed by atoms with Crippen LogP contribution in [0.15, 0.2) is 41.8 Å². The van der Waals surface area contributed by atoms with Crippen LogP contribution in [0.3, 0.4) is 0 Å². The minimum absolute atomic E-state index is 0.254. The van der Waals surface area contributed by atoms with Crippen molar-refractivity contribution in [3.8, 4) is 5.75 Å². The van der Waals surface area contributed by atoms with Crippen molar-refractivity contribution in [2.45, 2.75) is 29.7 Å². The number of nitrogens with one attached hydrogen (secondary N) is 1. The van der Waals surface area contributed by atoms with Gasteiger partial charge < -0.3 is 24.8 Å². The molecule has 0 spiro atoms. The van der Waals surface area contributed by atoms with Crippen molar-refractivity contribution < 1.29 is 29.6 Å². The van der Waals surface area contributed by atoms with Crippen LogP contribution in [0.25, 0.3) is 11.2 Å². The van der Waals surface area contributed by atoms with E-state index in [1.54, 1.807) is 0 Å². The topological polar surface area (TPSA) is 144 Å². The minimum Gasteiger partial charge on any atom is -0.491 e. The first-order valence-electron chi connectivity index (χ1n) is 9.59. The van der Waals surface area contributed by atoms with E-state index in [0.717, 1.165) is 5.75 Å². The van der Waals surface area contributed by atoms with Crippen molar-refractivity contribution >= 4 is 28.7 Å². The van der Waals surface area contributed by atoms with Gasteiger partial charge in [-0.3, -0.25) is 9.40 Å². The summed E-state index contributed by atoms with van der Waals surface area (Å²) in [6.45, 7) is 0.167. The van der Waals surface area contributed by atoms with Crippen LogP contribution < -0.4 is 10.2 Å². The van der Waals surface area contributed by atoms with Crippen LogP contribution in [0, 0.1) is 0 Å². The first-order valence-corrected chi connectivity index (χ1v) is 10.8. The number of para-hydroxylation sites is 1. The Labute approximate surface area is 182 Å². The molecule has 1 aliphatic rings. The molecule has 4 atom stereocenters. The summed E-state index contributed by atoms with van der Waals surface area (Å²) in [7, 11) is 0. The summed E-state index contributed by atoms with van der Waals surface area (Å²) < 4.78 is 12.7. The Balaban J connectivity index is 1.48. The van der Waals surface area contributed by atoms with Gasteiger partial charge in [-0.15, -0.1) is 0 Å². The lowest BCUT2D eigenvalue weighted by Crippen LogP contribution is -2.33. The molecule has 2 aromatic heterocycles. The summed E-state index contributed by atoms with van der Waals surface area (Å²) in [5.74, 6) is 1.09. The van der Waals surface area contributed by atoms with E-state index < -0.39 is 31.1 Å². The molecule has 3 heterocycles. The van der Waals surface area contributed by atoms with Crippen molar-refractivity contribution in [3.63, 3.8) is 0 Å². The molecule has 1 saturated heterocycles. The number of rotatable bonds is 9. The Morgan fingerprint density at radius 1 is 1.16 bits per heavy atom. The number of aliphatic hydroxyl groups excluding tert-OH is 3. The van der Waals surface area contributed by atoms with Gasteiger partial charge in [0.2, 0.25) is 0 Å². The standard InChI is InChI=1S/C19H23N5O6S/c1-31-19-21-16(23-29-8-7-28-11-5-3-2-4-6-11)13-17(22-19)24(10-20-13)18-15(27)14(26)12(9-25)30-18/h2-6,10,12,14-15,18,25-27H,7-9H2,1H3,(H,21,22,23). The van der Waals surface area contributed by atoms with E-state index in [-0.39, 0.29) is 6.61 Å². The molecule has 0 radical (unpaired) electrons. The molecule has 12 heteroatoms. The fourth-order valence-corrected chi connectivity index (χ4v) is 3.55. The van der Waals surface area contributed by atoms with E-state index in [4.69, 9.17) is 14.3 Å². The maximum Gasteiger partial charge on any atom is 0.191 e. The van der Waals surface area contributed by atoms with Crippen molar-refractivity contribution in [2.24, 2.45) is 0 Å². The van der Waals surface area contributed by atoms with Crippen LogP contribution in [-0.2, 0) is 9.57 Å². The fraction of sp³-hybridized carbons (Fsp3) is 0.421. The van der Waals surface area contributed by atoms with Gasteiger partial charge in [0.1, 0.15) is 37.3 Å². The number of hydrogen-bond acceptors (Lipinski definition) is 11. The molecule has 1 aliphatic heterocycles. The molecular formula is C19H23N5O6S. The highest BCUT2D eigenvalue weighted by molar-refractivity contribution is 7.98.